The van der Waals surface area contributed by atoms with Crippen LogP contribution in [-0.4, -0.2) is 39.7 Å². The molecule has 0 saturated carbocycles. The molecule has 0 radical (unpaired) electrons. The Labute approximate surface area is 139 Å². The van der Waals surface area contributed by atoms with Crippen LogP contribution >= 0.6 is 0 Å². The van der Waals surface area contributed by atoms with Crippen LogP contribution in [0.25, 0.3) is 10.9 Å². The molecule has 1 N–H and O–H groups in total. The highest BCUT2D eigenvalue weighted by atomic mass is 19.1. The van der Waals surface area contributed by atoms with Crippen molar-refractivity contribution in [3.05, 3.63) is 45.5 Å². The number of carbonyl (C=O) groups is 1. The molecule has 2 heterocycles. The Bertz CT molecular complexity index is 859. The van der Waals surface area contributed by atoms with Crippen molar-refractivity contribution in [2.45, 2.75) is 39.3 Å². The van der Waals surface area contributed by atoms with Gasteiger partial charge in [-0.1, -0.05) is 6.92 Å². The lowest BCUT2D eigenvalue weighted by atomic mass is 10.1. The molecule has 0 spiro atoms. The van der Waals surface area contributed by atoms with Gasteiger partial charge in [-0.3, -0.25) is 9.69 Å². The fourth-order valence-electron chi connectivity index (χ4n) is 3.57. The number of halogens is 1. The molecule has 128 valence electrons. The minimum Gasteiger partial charge on any atom is -0.477 e. The van der Waals surface area contributed by atoms with E-state index in [0.29, 0.717) is 17.6 Å². The van der Waals surface area contributed by atoms with Crippen molar-refractivity contribution in [1.82, 2.24) is 9.47 Å². The molecule has 24 heavy (non-hydrogen) atoms. The molecule has 1 fully saturated rings. The fourth-order valence-corrected chi connectivity index (χ4v) is 3.57. The summed E-state index contributed by atoms with van der Waals surface area (Å²) < 4.78 is 15.8. The number of likely N-dealkylation sites (tertiary alicyclic amines) is 1. The highest BCUT2D eigenvalue weighted by Crippen LogP contribution is 2.22. The second-order valence-electron chi connectivity index (χ2n) is 6.37. The second kappa shape index (κ2) is 6.36. The van der Waals surface area contributed by atoms with Crippen LogP contribution in [0.3, 0.4) is 0 Å². The van der Waals surface area contributed by atoms with Crippen molar-refractivity contribution in [3.63, 3.8) is 0 Å². The SMILES string of the molecule is CCN1CCC[C@@H]1Cn1cc(C(=O)O)c(=O)c2cc(C)c(F)cc21. The van der Waals surface area contributed by atoms with Gasteiger partial charge in [0.25, 0.3) is 0 Å². The largest absolute Gasteiger partial charge is 0.477 e. The standard InChI is InChI=1S/C18H21FN2O3/c1-3-20-6-4-5-12(20)9-21-10-14(18(23)24)17(22)13-7-11(2)15(19)8-16(13)21/h7-8,10,12H,3-6,9H2,1-2H3,(H,23,24)/t12-/m1/s1. The van der Waals surface area contributed by atoms with Crippen molar-refractivity contribution < 1.29 is 14.3 Å². The third kappa shape index (κ3) is 2.82. The lowest BCUT2D eigenvalue weighted by Crippen LogP contribution is -2.33. The Morgan fingerprint density at radius 2 is 2.17 bits per heavy atom. The third-order valence-electron chi connectivity index (χ3n) is 4.90. The van der Waals surface area contributed by atoms with Crippen LogP contribution in [0.5, 0.6) is 0 Å². The van der Waals surface area contributed by atoms with Gasteiger partial charge >= 0.3 is 5.97 Å². The van der Waals surface area contributed by atoms with Gasteiger partial charge in [0.05, 0.1) is 5.52 Å². The predicted molar refractivity (Wildman–Crippen MR) is 90.1 cm³/mol. The Balaban J connectivity index is 2.18. The van der Waals surface area contributed by atoms with E-state index in [0.717, 1.165) is 25.9 Å². The predicted octanol–water partition coefficient (Wildman–Crippen LogP) is 2.63. The highest BCUT2D eigenvalue weighted by molar-refractivity contribution is 5.92. The number of carboxylic acid groups (broad SMARTS) is 1. The first-order chi connectivity index (χ1) is 11.4. The van der Waals surface area contributed by atoms with Gasteiger partial charge in [-0.2, -0.15) is 0 Å². The molecule has 0 unspecified atom stereocenters. The van der Waals surface area contributed by atoms with E-state index >= 15 is 0 Å². The fraction of sp³-hybridized carbons (Fsp3) is 0.444. The lowest BCUT2D eigenvalue weighted by molar-refractivity contribution is 0.0694. The molecule has 1 aliphatic rings. The summed E-state index contributed by atoms with van der Waals surface area (Å²) in [6, 6.07) is 3.05. The van der Waals surface area contributed by atoms with Gasteiger partial charge in [0.15, 0.2) is 0 Å². The molecule has 1 aromatic carbocycles. The average Bonchev–Trinajstić information content (AvgIpc) is 2.98. The number of rotatable bonds is 4. The van der Waals surface area contributed by atoms with Crippen LogP contribution < -0.4 is 5.43 Å². The molecule has 2 aromatic rings. The Hall–Kier alpha value is -2.21. The van der Waals surface area contributed by atoms with Crippen LogP contribution in [0.2, 0.25) is 0 Å². The van der Waals surface area contributed by atoms with Gasteiger partial charge in [-0.15, -0.1) is 0 Å². The first-order valence-corrected chi connectivity index (χ1v) is 8.23. The minimum absolute atomic E-state index is 0.259. The van der Waals surface area contributed by atoms with Crippen LogP contribution in [0, 0.1) is 12.7 Å². The first kappa shape index (κ1) is 16.6. The van der Waals surface area contributed by atoms with E-state index in [1.807, 2.05) is 0 Å². The minimum atomic E-state index is -1.25. The number of aromatic carboxylic acids is 1. The zero-order valence-electron chi connectivity index (χ0n) is 13.9. The lowest BCUT2D eigenvalue weighted by Gasteiger charge is -2.25. The maximum absolute atomic E-state index is 14.0. The zero-order valence-corrected chi connectivity index (χ0v) is 13.9. The Morgan fingerprint density at radius 3 is 2.83 bits per heavy atom. The maximum atomic E-state index is 14.0. The van der Waals surface area contributed by atoms with E-state index in [-0.39, 0.29) is 17.0 Å². The van der Waals surface area contributed by atoms with Crippen molar-refractivity contribution in [2.75, 3.05) is 13.1 Å². The molecule has 0 aliphatic carbocycles. The molecule has 1 aromatic heterocycles. The molecule has 0 amide bonds. The molecule has 1 atom stereocenters. The number of hydrogen-bond donors (Lipinski definition) is 1. The molecule has 5 nitrogen and oxygen atoms in total. The molecule has 6 heteroatoms. The van der Waals surface area contributed by atoms with Crippen molar-refractivity contribution in [1.29, 1.82) is 0 Å². The number of nitrogens with zero attached hydrogens (tertiary/aromatic N) is 2. The molecule has 1 aliphatic heterocycles. The zero-order chi connectivity index (χ0) is 17.4. The van der Waals surface area contributed by atoms with E-state index in [9.17, 15) is 19.1 Å². The quantitative estimate of drug-likeness (QED) is 0.935. The van der Waals surface area contributed by atoms with E-state index in [2.05, 4.69) is 11.8 Å². The number of pyridine rings is 1. The number of aromatic nitrogens is 1. The van der Waals surface area contributed by atoms with Crippen molar-refractivity contribution >= 4 is 16.9 Å². The summed E-state index contributed by atoms with van der Waals surface area (Å²) in [5.74, 6) is -1.64. The summed E-state index contributed by atoms with van der Waals surface area (Å²) >= 11 is 0. The highest BCUT2D eigenvalue weighted by Gasteiger charge is 2.25. The summed E-state index contributed by atoms with van der Waals surface area (Å²) in [6.45, 7) is 6.14. The Morgan fingerprint density at radius 1 is 1.42 bits per heavy atom. The normalized spacial score (nSPS) is 18.4. The van der Waals surface area contributed by atoms with Crippen molar-refractivity contribution in [2.24, 2.45) is 0 Å². The average molecular weight is 332 g/mol. The summed E-state index contributed by atoms with van der Waals surface area (Å²) in [6.07, 6.45) is 3.46. The number of carboxylic acids is 1. The number of fused-ring (bicyclic) bond motifs is 1. The monoisotopic (exact) mass is 332 g/mol. The third-order valence-corrected chi connectivity index (χ3v) is 4.90. The summed E-state index contributed by atoms with van der Waals surface area (Å²) in [4.78, 5) is 26.2. The summed E-state index contributed by atoms with van der Waals surface area (Å²) in [5.41, 5.74) is -0.0361. The summed E-state index contributed by atoms with van der Waals surface area (Å²) in [7, 11) is 0. The number of aryl methyl sites for hydroxylation is 1. The van der Waals surface area contributed by atoms with Crippen LogP contribution in [-0.2, 0) is 6.54 Å². The molecular formula is C18H21FN2O3. The van der Waals surface area contributed by atoms with E-state index in [1.54, 1.807) is 11.5 Å². The van der Waals surface area contributed by atoms with Gasteiger partial charge in [-0.05, 0) is 50.6 Å². The van der Waals surface area contributed by atoms with Gasteiger partial charge in [0.1, 0.15) is 11.4 Å². The Kier molecular flexibility index (Phi) is 4.41. The molecule has 1 saturated heterocycles. The van der Waals surface area contributed by atoms with Crippen LogP contribution in [0.15, 0.2) is 23.1 Å². The number of hydrogen-bond acceptors (Lipinski definition) is 3. The summed E-state index contributed by atoms with van der Waals surface area (Å²) in [5, 5.41) is 9.59. The maximum Gasteiger partial charge on any atom is 0.341 e. The van der Waals surface area contributed by atoms with Gasteiger partial charge in [0, 0.05) is 24.2 Å². The molecule has 3 rings (SSSR count). The van der Waals surface area contributed by atoms with E-state index in [4.69, 9.17) is 0 Å². The molecule has 0 bridgehead atoms. The van der Waals surface area contributed by atoms with Crippen LogP contribution in [0.1, 0.15) is 35.7 Å². The van der Waals surface area contributed by atoms with Crippen LogP contribution in [0.4, 0.5) is 4.39 Å². The van der Waals surface area contributed by atoms with E-state index in [1.165, 1.54) is 18.3 Å². The second-order valence-corrected chi connectivity index (χ2v) is 6.37. The topological polar surface area (TPSA) is 62.5 Å². The van der Waals surface area contributed by atoms with Crippen molar-refractivity contribution in [3.8, 4) is 0 Å². The van der Waals surface area contributed by atoms with Gasteiger partial charge in [0.2, 0.25) is 5.43 Å². The first-order valence-electron chi connectivity index (χ1n) is 8.23. The van der Waals surface area contributed by atoms with E-state index < -0.39 is 17.2 Å². The van der Waals surface area contributed by atoms with Gasteiger partial charge < -0.3 is 9.67 Å². The van der Waals surface area contributed by atoms with Gasteiger partial charge in [-0.25, -0.2) is 9.18 Å². The molecular weight excluding hydrogens is 311 g/mol. The smallest absolute Gasteiger partial charge is 0.341 e. The number of benzene rings is 1. The number of likely N-dealkylation sites (N-methyl/N-ethyl adjacent to an activating group) is 1.